The minimum absolute atomic E-state index is 0.0756. The second-order valence-corrected chi connectivity index (χ2v) is 7.82. The second kappa shape index (κ2) is 12.0. The Balaban J connectivity index is 1.75. The fourth-order valence-electron chi connectivity index (χ4n) is 2.40. The van der Waals surface area contributed by atoms with Crippen LogP contribution in [0.4, 0.5) is 5.69 Å². The maximum atomic E-state index is 12.2. The molecule has 10 heteroatoms. The van der Waals surface area contributed by atoms with E-state index in [1.165, 1.54) is 0 Å². The van der Waals surface area contributed by atoms with Crippen molar-refractivity contribution in [2.24, 2.45) is 0 Å². The van der Waals surface area contributed by atoms with Crippen molar-refractivity contribution in [1.29, 1.82) is 0 Å². The predicted octanol–water partition coefficient (Wildman–Crippen LogP) is 3.21. The van der Waals surface area contributed by atoms with E-state index in [-0.39, 0.29) is 17.6 Å². The summed E-state index contributed by atoms with van der Waals surface area (Å²) in [6, 6.07) is 11.9. The number of hydrogen-bond donors (Lipinski definition) is 4. The van der Waals surface area contributed by atoms with Crippen LogP contribution in [0.25, 0.3) is 0 Å². The average molecular weight is 507 g/mol. The second-order valence-electron chi connectivity index (χ2n) is 6.55. The van der Waals surface area contributed by atoms with Crippen molar-refractivity contribution in [2.45, 2.75) is 26.7 Å². The zero-order chi connectivity index (χ0) is 22.8. The Hall–Kier alpha value is -2.98. The number of nitrogens with one attached hydrogen (secondary N) is 4. The van der Waals surface area contributed by atoms with Gasteiger partial charge in [-0.25, -0.2) is 0 Å². The van der Waals surface area contributed by atoms with E-state index < -0.39 is 11.8 Å². The van der Waals surface area contributed by atoms with Crippen LogP contribution in [-0.4, -0.2) is 29.4 Å². The van der Waals surface area contributed by atoms with Crippen molar-refractivity contribution in [1.82, 2.24) is 16.2 Å². The summed E-state index contributed by atoms with van der Waals surface area (Å²) < 4.78 is 6.18. The van der Waals surface area contributed by atoms with Gasteiger partial charge in [-0.1, -0.05) is 13.0 Å². The largest absolute Gasteiger partial charge is 0.483 e. The molecule has 8 nitrogen and oxygen atoms in total. The Morgan fingerprint density at radius 2 is 1.74 bits per heavy atom. The maximum Gasteiger partial charge on any atom is 0.269 e. The summed E-state index contributed by atoms with van der Waals surface area (Å²) in [4.78, 5) is 35.7. The van der Waals surface area contributed by atoms with E-state index in [4.69, 9.17) is 17.0 Å². The smallest absolute Gasteiger partial charge is 0.269 e. The number of hydrazine groups is 1. The highest BCUT2D eigenvalue weighted by Gasteiger charge is 2.10. The first kappa shape index (κ1) is 24.3. The zero-order valence-electron chi connectivity index (χ0n) is 17.1. The lowest BCUT2D eigenvalue weighted by molar-refractivity contribution is -0.121. The van der Waals surface area contributed by atoms with E-state index in [1.54, 1.807) is 30.3 Å². The molecule has 3 amide bonds. The summed E-state index contributed by atoms with van der Waals surface area (Å²) >= 11 is 8.37. The number of halogens is 1. The third-order valence-corrected chi connectivity index (χ3v) is 4.72. The molecule has 0 bridgehead atoms. The summed E-state index contributed by atoms with van der Waals surface area (Å²) in [5, 5.41) is 5.08. The van der Waals surface area contributed by atoms with Gasteiger partial charge < -0.3 is 10.1 Å². The molecule has 2 aromatic rings. The molecule has 0 aliphatic carbocycles. The van der Waals surface area contributed by atoms with Crippen LogP contribution in [0.15, 0.2) is 46.9 Å². The highest BCUT2D eigenvalue weighted by Crippen LogP contribution is 2.25. The molecule has 0 aliphatic rings. The van der Waals surface area contributed by atoms with Crippen molar-refractivity contribution in [2.75, 3.05) is 11.9 Å². The van der Waals surface area contributed by atoms with Crippen LogP contribution in [0.3, 0.4) is 0 Å². The quantitative estimate of drug-likeness (QED) is 0.339. The highest BCUT2D eigenvalue weighted by atomic mass is 79.9. The van der Waals surface area contributed by atoms with Crippen LogP contribution in [0, 0.1) is 6.92 Å². The number of carbonyl (C=O) groups excluding carboxylic acids is 3. The third kappa shape index (κ3) is 8.35. The van der Waals surface area contributed by atoms with Crippen LogP contribution in [0.5, 0.6) is 5.75 Å². The molecule has 0 saturated heterocycles. The van der Waals surface area contributed by atoms with Gasteiger partial charge in [0.05, 0.1) is 4.47 Å². The molecule has 0 saturated carbocycles. The Morgan fingerprint density at radius 1 is 1.03 bits per heavy atom. The normalized spacial score (nSPS) is 10.0. The molecule has 0 aromatic heterocycles. The lowest BCUT2D eigenvalue weighted by Gasteiger charge is -2.12. The Bertz CT molecular complexity index is 966. The number of hydrogen-bond acceptors (Lipinski definition) is 5. The molecule has 0 radical (unpaired) electrons. The summed E-state index contributed by atoms with van der Waals surface area (Å²) in [6.45, 7) is 3.62. The first-order valence-corrected chi connectivity index (χ1v) is 10.7. The van der Waals surface area contributed by atoms with Gasteiger partial charge >= 0.3 is 0 Å². The molecule has 0 spiro atoms. The lowest BCUT2D eigenvalue weighted by Crippen LogP contribution is -2.49. The van der Waals surface area contributed by atoms with Gasteiger partial charge in [0.25, 0.3) is 11.8 Å². The summed E-state index contributed by atoms with van der Waals surface area (Å²) in [5.74, 6) is -0.488. The van der Waals surface area contributed by atoms with Gasteiger partial charge in [0.1, 0.15) is 5.75 Å². The number of thiocarbonyl (C=S) groups is 1. The number of anilines is 1. The molecule has 0 atom stereocenters. The Labute approximate surface area is 194 Å². The molecule has 164 valence electrons. The van der Waals surface area contributed by atoms with Gasteiger partial charge in [-0.2, -0.15) is 0 Å². The van der Waals surface area contributed by atoms with Crippen molar-refractivity contribution >= 4 is 56.7 Å². The average Bonchev–Trinajstić information content (AvgIpc) is 2.72. The molecule has 0 heterocycles. The fraction of sp³-hybridized carbons (Fsp3) is 0.238. The number of amides is 3. The van der Waals surface area contributed by atoms with Crippen molar-refractivity contribution in [3.05, 3.63) is 58.1 Å². The third-order valence-electron chi connectivity index (χ3n) is 3.90. The SMILES string of the molecule is CCCC(=O)Nc1ccc(C(=O)NNC(=S)NC(=O)COc2ccc(C)cc2Br)cc1. The topological polar surface area (TPSA) is 109 Å². The fourth-order valence-corrected chi connectivity index (χ4v) is 3.17. The maximum absolute atomic E-state index is 12.2. The summed E-state index contributed by atoms with van der Waals surface area (Å²) in [5.41, 5.74) is 6.86. The van der Waals surface area contributed by atoms with Crippen LogP contribution in [-0.2, 0) is 9.59 Å². The van der Waals surface area contributed by atoms with Gasteiger partial charge in [-0.3, -0.25) is 30.6 Å². The van der Waals surface area contributed by atoms with Crippen LogP contribution < -0.4 is 26.2 Å². The summed E-state index contributed by atoms with van der Waals surface area (Å²) in [7, 11) is 0. The lowest BCUT2D eigenvalue weighted by atomic mass is 10.2. The number of benzene rings is 2. The van der Waals surface area contributed by atoms with Crippen molar-refractivity contribution in [3.8, 4) is 5.75 Å². The predicted molar refractivity (Wildman–Crippen MR) is 126 cm³/mol. The molecular weight excluding hydrogens is 484 g/mol. The van der Waals surface area contributed by atoms with Gasteiger partial charge in [-0.05, 0) is 83.5 Å². The minimum Gasteiger partial charge on any atom is -0.483 e. The molecule has 2 rings (SSSR count). The van der Waals surface area contributed by atoms with Gasteiger partial charge in [0.15, 0.2) is 11.7 Å². The molecular formula is C21H23BrN4O4S. The zero-order valence-corrected chi connectivity index (χ0v) is 19.5. The minimum atomic E-state index is -0.480. The number of carbonyl (C=O) groups is 3. The van der Waals surface area contributed by atoms with E-state index >= 15 is 0 Å². The van der Waals surface area contributed by atoms with E-state index in [2.05, 4.69) is 37.4 Å². The van der Waals surface area contributed by atoms with E-state index in [0.717, 1.165) is 16.5 Å². The first-order valence-electron chi connectivity index (χ1n) is 9.47. The standard InChI is InChI=1S/C21H23BrN4O4S/c1-3-4-18(27)23-15-8-6-14(7-9-15)20(29)25-26-21(31)24-19(28)12-30-17-10-5-13(2)11-16(17)22/h5-11H,3-4,12H2,1-2H3,(H,23,27)(H,25,29)(H2,24,26,28,31). The highest BCUT2D eigenvalue weighted by molar-refractivity contribution is 9.10. The van der Waals surface area contributed by atoms with Crippen LogP contribution in [0.2, 0.25) is 0 Å². The number of aryl methyl sites for hydroxylation is 1. The molecule has 0 fully saturated rings. The van der Waals surface area contributed by atoms with E-state index in [0.29, 0.717) is 23.4 Å². The molecule has 0 unspecified atom stereocenters. The number of ether oxygens (including phenoxy) is 1. The van der Waals surface area contributed by atoms with Crippen LogP contribution in [0.1, 0.15) is 35.7 Å². The molecule has 31 heavy (non-hydrogen) atoms. The van der Waals surface area contributed by atoms with Gasteiger partial charge in [-0.15, -0.1) is 0 Å². The monoisotopic (exact) mass is 506 g/mol. The van der Waals surface area contributed by atoms with Gasteiger partial charge in [0.2, 0.25) is 5.91 Å². The van der Waals surface area contributed by atoms with Gasteiger partial charge in [0, 0.05) is 17.7 Å². The first-order chi connectivity index (χ1) is 14.8. The Morgan fingerprint density at radius 3 is 2.39 bits per heavy atom. The summed E-state index contributed by atoms with van der Waals surface area (Å²) in [6.07, 6.45) is 1.19. The van der Waals surface area contributed by atoms with Crippen LogP contribution >= 0.6 is 28.1 Å². The molecule has 4 N–H and O–H groups in total. The van der Waals surface area contributed by atoms with E-state index in [9.17, 15) is 14.4 Å². The molecule has 0 aliphatic heterocycles. The van der Waals surface area contributed by atoms with E-state index in [1.807, 2.05) is 26.0 Å². The Kier molecular flexibility index (Phi) is 9.41. The van der Waals surface area contributed by atoms with Crippen molar-refractivity contribution < 1.29 is 19.1 Å². The van der Waals surface area contributed by atoms with Crippen molar-refractivity contribution in [3.63, 3.8) is 0 Å². The number of rotatable bonds is 7. The molecule has 2 aromatic carbocycles.